The maximum atomic E-state index is 12.7. The summed E-state index contributed by atoms with van der Waals surface area (Å²) in [5, 5.41) is 3.10. The summed E-state index contributed by atoms with van der Waals surface area (Å²) >= 11 is 0. The van der Waals surface area contributed by atoms with E-state index in [1.807, 2.05) is 48.5 Å². The van der Waals surface area contributed by atoms with Gasteiger partial charge in [0.15, 0.2) is 5.78 Å². The largest absolute Gasteiger partial charge is 0.377 e. The fraction of sp³-hybridized carbons (Fsp3) is 0.417. The third kappa shape index (κ3) is 4.74. The van der Waals surface area contributed by atoms with Crippen LogP contribution in [0, 0.1) is 11.8 Å². The van der Waals surface area contributed by atoms with Crippen LogP contribution in [0.4, 0.5) is 5.69 Å². The lowest BCUT2D eigenvalue weighted by molar-refractivity contribution is -0.125. The molecule has 0 saturated carbocycles. The molecule has 3 fully saturated rings. The van der Waals surface area contributed by atoms with Gasteiger partial charge < -0.3 is 15.0 Å². The van der Waals surface area contributed by atoms with E-state index in [4.69, 9.17) is 4.74 Å². The second-order valence-corrected chi connectivity index (χ2v) is 8.16. The van der Waals surface area contributed by atoms with Crippen LogP contribution in [-0.4, -0.2) is 49.9 Å². The summed E-state index contributed by atoms with van der Waals surface area (Å²) in [7, 11) is 1.53. The van der Waals surface area contributed by atoms with Crippen LogP contribution in [0.2, 0.25) is 0 Å². The first-order valence-electron chi connectivity index (χ1n) is 10.4. The lowest BCUT2D eigenvalue weighted by Gasteiger charge is -2.43. The first-order chi connectivity index (χ1) is 14.1. The summed E-state index contributed by atoms with van der Waals surface area (Å²) in [5.74, 6) is 0.875. The molecule has 0 spiro atoms. The normalized spacial score (nSPS) is 23.0. The van der Waals surface area contributed by atoms with Crippen molar-refractivity contribution in [2.45, 2.75) is 19.3 Å². The number of carbonyl (C=O) groups excluding carboxylic acids is 2. The molecule has 5 nitrogen and oxygen atoms in total. The highest BCUT2D eigenvalue weighted by Gasteiger charge is 2.38. The molecule has 2 aromatic carbocycles. The number of nitrogens with zero attached hydrogens (tertiary/aromatic N) is 1. The van der Waals surface area contributed by atoms with Crippen LogP contribution in [0.5, 0.6) is 0 Å². The minimum absolute atomic E-state index is 0.0725. The predicted molar refractivity (Wildman–Crippen MR) is 114 cm³/mol. The molecule has 3 aliphatic rings. The lowest BCUT2D eigenvalue weighted by Crippen LogP contribution is -2.51. The second kappa shape index (κ2) is 8.89. The van der Waals surface area contributed by atoms with Crippen LogP contribution in [0.3, 0.4) is 0 Å². The predicted octanol–water partition coefficient (Wildman–Crippen LogP) is 3.39. The molecule has 3 aliphatic heterocycles. The Labute approximate surface area is 172 Å². The Balaban J connectivity index is 1.36. The number of piperidine rings is 3. The fourth-order valence-corrected chi connectivity index (χ4v) is 4.50. The van der Waals surface area contributed by atoms with Gasteiger partial charge in [0.2, 0.25) is 5.91 Å². The van der Waals surface area contributed by atoms with Gasteiger partial charge in [-0.3, -0.25) is 9.59 Å². The van der Waals surface area contributed by atoms with Crippen molar-refractivity contribution >= 4 is 17.4 Å². The average molecular weight is 392 g/mol. The maximum Gasteiger partial charge on any atom is 0.229 e. The van der Waals surface area contributed by atoms with Crippen LogP contribution < -0.4 is 5.32 Å². The van der Waals surface area contributed by atoms with Crippen molar-refractivity contribution < 1.29 is 14.3 Å². The van der Waals surface area contributed by atoms with Gasteiger partial charge in [-0.25, -0.2) is 0 Å². The number of carbonyl (C=O) groups is 2. The average Bonchev–Trinajstić information content (AvgIpc) is 2.76. The van der Waals surface area contributed by atoms with E-state index >= 15 is 0 Å². The number of methoxy groups -OCH3 is 1. The van der Waals surface area contributed by atoms with E-state index in [1.54, 1.807) is 0 Å². The number of hydrogen-bond acceptors (Lipinski definition) is 4. The van der Waals surface area contributed by atoms with Gasteiger partial charge >= 0.3 is 0 Å². The highest BCUT2D eigenvalue weighted by Crippen LogP contribution is 2.33. The molecule has 3 heterocycles. The highest BCUT2D eigenvalue weighted by molar-refractivity contribution is 5.93. The summed E-state index contributed by atoms with van der Waals surface area (Å²) in [4.78, 5) is 26.8. The molecule has 5 rings (SSSR count). The summed E-state index contributed by atoms with van der Waals surface area (Å²) in [5.41, 5.74) is 4.00. The molecular formula is C24H28N2O3. The first kappa shape index (κ1) is 19.8. The van der Waals surface area contributed by atoms with Gasteiger partial charge in [0.1, 0.15) is 6.61 Å². The molecule has 1 amide bonds. The molecule has 152 valence electrons. The third-order valence-corrected chi connectivity index (χ3v) is 6.14. The molecular weight excluding hydrogens is 364 g/mol. The van der Waals surface area contributed by atoms with E-state index in [9.17, 15) is 9.59 Å². The molecule has 2 bridgehead atoms. The van der Waals surface area contributed by atoms with E-state index in [1.165, 1.54) is 7.11 Å². The molecule has 0 aliphatic carbocycles. The Kier molecular flexibility index (Phi) is 6.07. The van der Waals surface area contributed by atoms with Crippen LogP contribution in [-0.2, 0) is 20.7 Å². The molecule has 5 heteroatoms. The summed E-state index contributed by atoms with van der Waals surface area (Å²) < 4.78 is 4.88. The smallest absolute Gasteiger partial charge is 0.229 e. The number of fused-ring (bicyclic) bond motifs is 3. The number of ether oxygens (including phenoxy) is 1. The highest BCUT2D eigenvalue weighted by atomic mass is 16.5. The number of nitrogens with one attached hydrogen (secondary N) is 1. The van der Waals surface area contributed by atoms with Crippen molar-refractivity contribution in [2.24, 2.45) is 11.8 Å². The van der Waals surface area contributed by atoms with Gasteiger partial charge in [-0.2, -0.15) is 0 Å². The number of rotatable bonds is 7. The van der Waals surface area contributed by atoms with E-state index < -0.39 is 0 Å². The second-order valence-electron chi connectivity index (χ2n) is 8.16. The number of anilines is 1. The number of benzene rings is 2. The molecule has 29 heavy (non-hydrogen) atoms. The van der Waals surface area contributed by atoms with Crippen molar-refractivity contribution in [3.63, 3.8) is 0 Å². The number of Topliss-reactive ketones (excluding diaryl/α,β-unsaturated/α-hetero) is 1. The Morgan fingerprint density at radius 3 is 2.17 bits per heavy atom. The molecule has 2 aromatic rings. The van der Waals surface area contributed by atoms with Gasteiger partial charge in [-0.05, 0) is 60.7 Å². The Morgan fingerprint density at radius 2 is 1.62 bits per heavy atom. The van der Waals surface area contributed by atoms with E-state index in [2.05, 4.69) is 10.2 Å². The molecule has 0 unspecified atom stereocenters. The van der Waals surface area contributed by atoms with Gasteiger partial charge in [0, 0.05) is 25.8 Å². The van der Waals surface area contributed by atoms with Crippen molar-refractivity contribution in [3.05, 3.63) is 54.1 Å². The zero-order valence-electron chi connectivity index (χ0n) is 16.9. The molecule has 3 saturated heterocycles. The SMILES string of the molecule is COCC(=O)Cc1ccc(-c2ccc(NC(=O)[C@H]3CN4CCC3CC4)cc2)cc1. The minimum Gasteiger partial charge on any atom is -0.377 e. The summed E-state index contributed by atoms with van der Waals surface area (Å²) in [6.07, 6.45) is 2.67. The van der Waals surface area contributed by atoms with Crippen molar-refractivity contribution in [3.8, 4) is 11.1 Å². The van der Waals surface area contributed by atoms with Gasteiger partial charge in [-0.1, -0.05) is 36.4 Å². The van der Waals surface area contributed by atoms with Crippen LogP contribution in [0.1, 0.15) is 18.4 Å². The van der Waals surface area contributed by atoms with Gasteiger partial charge in [-0.15, -0.1) is 0 Å². The number of hydrogen-bond donors (Lipinski definition) is 1. The topological polar surface area (TPSA) is 58.6 Å². The standard InChI is InChI=1S/C24H28N2O3/c1-29-16-22(27)14-17-2-4-18(5-3-17)19-6-8-21(9-7-19)25-24(28)23-15-26-12-10-20(23)11-13-26/h2-9,20,23H,10-16H2,1H3,(H,25,28)/t23-/m0/s1. The van der Waals surface area contributed by atoms with E-state index in [0.717, 1.165) is 54.9 Å². The minimum atomic E-state index is 0.0725. The van der Waals surface area contributed by atoms with E-state index in [0.29, 0.717) is 12.3 Å². The number of ketones is 1. The monoisotopic (exact) mass is 392 g/mol. The molecule has 1 N–H and O–H groups in total. The molecule has 0 radical (unpaired) electrons. The van der Waals surface area contributed by atoms with Gasteiger partial charge in [0.25, 0.3) is 0 Å². The third-order valence-electron chi connectivity index (χ3n) is 6.14. The van der Waals surface area contributed by atoms with Crippen molar-refractivity contribution in [1.29, 1.82) is 0 Å². The van der Waals surface area contributed by atoms with Crippen LogP contribution >= 0.6 is 0 Å². The zero-order valence-corrected chi connectivity index (χ0v) is 16.9. The van der Waals surface area contributed by atoms with Crippen molar-refractivity contribution in [2.75, 3.05) is 38.7 Å². The maximum absolute atomic E-state index is 12.7. The molecule has 1 atom stereocenters. The first-order valence-corrected chi connectivity index (χ1v) is 10.4. The van der Waals surface area contributed by atoms with Crippen molar-refractivity contribution in [1.82, 2.24) is 4.90 Å². The summed E-state index contributed by atoms with van der Waals surface area (Å²) in [6, 6.07) is 16.0. The zero-order chi connectivity index (χ0) is 20.2. The quantitative estimate of drug-likeness (QED) is 0.785. The fourth-order valence-electron chi connectivity index (χ4n) is 4.50. The summed E-state index contributed by atoms with van der Waals surface area (Å²) in [6.45, 7) is 3.33. The number of amides is 1. The van der Waals surface area contributed by atoms with Crippen LogP contribution in [0.15, 0.2) is 48.5 Å². The lowest BCUT2D eigenvalue weighted by atomic mass is 9.78. The molecule has 0 aromatic heterocycles. The van der Waals surface area contributed by atoms with Crippen LogP contribution in [0.25, 0.3) is 11.1 Å². The Hall–Kier alpha value is -2.50. The Morgan fingerprint density at radius 1 is 1.00 bits per heavy atom. The van der Waals surface area contributed by atoms with E-state index in [-0.39, 0.29) is 24.2 Å². The van der Waals surface area contributed by atoms with Gasteiger partial charge in [0.05, 0.1) is 5.92 Å². The Bertz CT molecular complexity index is 853.